The number of methoxy groups -OCH3 is 1. The van der Waals surface area contributed by atoms with Crippen molar-refractivity contribution in [3.63, 3.8) is 0 Å². The van der Waals surface area contributed by atoms with Crippen molar-refractivity contribution in [1.29, 1.82) is 0 Å². The number of benzene rings is 3. The molecule has 0 radical (unpaired) electrons. The fourth-order valence-corrected chi connectivity index (χ4v) is 8.76. The number of carboxylic acid groups (broad SMARTS) is 1. The molecule has 4 N–H and O–H groups in total. The van der Waals surface area contributed by atoms with Crippen molar-refractivity contribution in [2.75, 3.05) is 26.7 Å². The molecule has 0 spiro atoms. The van der Waals surface area contributed by atoms with E-state index in [0.717, 1.165) is 78.5 Å². The molecule has 5 aromatic rings. The zero-order valence-electron chi connectivity index (χ0n) is 31.8. The molecule has 0 unspecified atom stereocenters. The van der Waals surface area contributed by atoms with Gasteiger partial charge >= 0.3 is 12.2 Å². The fraction of sp³-hybridized carbons (Fsp3) is 0.349. The number of aromatic nitrogens is 4. The number of likely N-dealkylation sites (tertiary alicyclic amines) is 3. The van der Waals surface area contributed by atoms with Gasteiger partial charge in [-0.3, -0.25) is 24.7 Å². The molecule has 5 heterocycles. The standard InChI is InChI=1S/C43H46N8O6/c1-57-41(54)48-43(27-52,32-9-3-2-4-10-32)51-24-8-13-36(51)39-45-26-34(47-39)31-20-16-29(17-21-31)28-14-18-30(19-15-28)33-25-44-38(46-33)35-12-7-23-49(35)40(53)37-11-5-6-22-50(37)42(55)56/h2-4,9-10,14-21,25-27,35-37H,5-8,11-13,22-24H2,1H3,(H,44,46)(H,45,47)(H,48,54)(H,55,56)/t35-,36-,37+,43-/m0/s1. The van der Waals surface area contributed by atoms with Crippen LogP contribution in [0, 0.1) is 0 Å². The Balaban J connectivity index is 0.949. The number of piperidine rings is 1. The van der Waals surface area contributed by atoms with Crippen LogP contribution in [0.15, 0.2) is 91.3 Å². The van der Waals surface area contributed by atoms with Crippen molar-refractivity contribution in [2.45, 2.75) is 68.7 Å². The van der Waals surface area contributed by atoms with Gasteiger partial charge in [0, 0.05) is 19.6 Å². The van der Waals surface area contributed by atoms with Crippen molar-refractivity contribution in [3.05, 3.63) is 108 Å². The van der Waals surface area contributed by atoms with E-state index in [-0.39, 0.29) is 18.0 Å². The third-order valence-electron chi connectivity index (χ3n) is 11.7. The molecule has 3 aromatic carbocycles. The smallest absolute Gasteiger partial charge is 0.408 e. The summed E-state index contributed by atoms with van der Waals surface area (Å²) in [6.45, 7) is 1.55. The zero-order chi connectivity index (χ0) is 39.5. The Bertz CT molecular complexity index is 2220. The molecule has 14 nitrogen and oxygen atoms in total. The molecular weight excluding hydrogens is 725 g/mol. The Morgan fingerprint density at radius 2 is 1.30 bits per heavy atom. The lowest BCUT2D eigenvalue weighted by Gasteiger charge is -2.40. The van der Waals surface area contributed by atoms with Gasteiger partial charge in [-0.25, -0.2) is 19.6 Å². The van der Waals surface area contributed by atoms with Crippen LogP contribution in [0.1, 0.15) is 74.2 Å². The Morgan fingerprint density at radius 3 is 1.89 bits per heavy atom. The number of ether oxygens (including phenoxy) is 1. The highest BCUT2D eigenvalue weighted by Gasteiger charge is 2.47. The van der Waals surface area contributed by atoms with Gasteiger partial charge in [-0.2, -0.15) is 0 Å². The maximum Gasteiger partial charge on any atom is 0.408 e. The van der Waals surface area contributed by atoms with Crippen LogP contribution in [0.4, 0.5) is 9.59 Å². The first-order valence-electron chi connectivity index (χ1n) is 19.6. The van der Waals surface area contributed by atoms with Gasteiger partial charge < -0.3 is 24.7 Å². The number of aromatic amines is 2. The Hall–Kier alpha value is -6.28. The van der Waals surface area contributed by atoms with E-state index in [1.165, 1.54) is 12.0 Å². The molecule has 3 aliphatic rings. The molecule has 3 fully saturated rings. The number of amides is 3. The number of rotatable bonds is 10. The van der Waals surface area contributed by atoms with E-state index in [0.29, 0.717) is 43.3 Å². The summed E-state index contributed by atoms with van der Waals surface area (Å²) < 4.78 is 4.92. The topological polar surface area (TPSA) is 177 Å². The van der Waals surface area contributed by atoms with Crippen molar-refractivity contribution in [3.8, 4) is 33.6 Å². The molecule has 0 bridgehead atoms. The molecule has 8 rings (SSSR count). The molecule has 0 saturated carbocycles. The van der Waals surface area contributed by atoms with Crippen molar-refractivity contribution in [2.24, 2.45) is 0 Å². The number of hydrogen-bond acceptors (Lipinski definition) is 8. The third-order valence-corrected chi connectivity index (χ3v) is 11.7. The summed E-state index contributed by atoms with van der Waals surface area (Å²) >= 11 is 0. The highest BCUT2D eigenvalue weighted by molar-refractivity contribution is 5.86. The maximum atomic E-state index is 13.6. The maximum absolute atomic E-state index is 13.6. The minimum Gasteiger partial charge on any atom is -0.465 e. The average molecular weight is 771 g/mol. The van der Waals surface area contributed by atoms with E-state index in [2.05, 4.69) is 44.5 Å². The summed E-state index contributed by atoms with van der Waals surface area (Å²) in [5.74, 6) is 1.29. The number of hydrogen-bond donors (Lipinski definition) is 4. The normalized spacial score (nSPS) is 20.9. The first-order chi connectivity index (χ1) is 27.8. The van der Waals surface area contributed by atoms with Gasteiger partial charge in [0.2, 0.25) is 5.91 Å². The first-order valence-corrected chi connectivity index (χ1v) is 19.6. The van der Waals surface area contributed by atoms with E-state index in [1.807, 2.05) is 64.4 Å². The molecule has 57 heavy (non-hydrogen) atoms. The van der Waals surface area contributed by atoms with Crippen LogP contribution >= 0.6 is 0 Å². The average Bonchev–Trinajstić information content (AvgIpc) is 4.10. The van der Waals surface area contributed by atoms with Crippen LogP contribution in [-0.2, 0) is 20.0 Å². The zero-order valence-corrected chi connectivity index (χ0v) is 31.8. The summed E-state index contributed by atoms with van der Waals surface area (Å²) in [4.78, 5) is 72.3. The second-order valence-corrected chi connectivity index (χ2v) is 14.9. The van der Waals surface area contributed by atoms with E-state index in [4.69, 9.17) is 9.72 Å². The SMILES string of the molecule is COC(=O)N[C@](C=O)(c1ccccc1)N1CCC[C@H]1c1ncc(-c2ccc(-c3ccc(-c4cnc([C@@H]5CCCN5C(=O)[C@H]5CCCCN5C(=O)O)[nH]4)cc3)cc2)[nH]1. The molecule has 4 atom stereocenters. The lowest BCUT2D eigenvalue weighted by molar-refractivity contribution is -0.138. The fourth-order valence-electron chi connectivity index (χ4n) is 8.76. The highest BCUT2D eigenvalue weighted by atomic mass is 16.5. The highest BCUT2D eigenvalue weighted by Crippen LogP contribution is 2.40. The number of aldehydes is 1. The second-order valence-electron chi connectivity index (χ2n) is 14.9. The van der Waals surface area contributed by atoms with Gasteiger partial charge in [0.15, 0.2) is 11.9 Å². The summed E-state index contributed by atoms with van der Waals surface area (Å²) in [5.41, 5.74) is 4.91. The lowest BCUT2D eigenvalue weighted by Crippen LogP contribution is -2.59. The molecular formula is C43H46N8O6. The van der Waals surface area contributed by atoms with Gasteiger partial charge in [-0.05, 0) is 72.8 Å². The first kappa shape index (κ1) is 37.6. The summed E-state index contributed by atoms with van der Waals surface area (Å²) in [5, 5.41) is 12.5. The Labute approximate surface area is 330 Å². The lowest BCUT2D eigenvalue weighted by atomic mass is 9.97. The molecule has 294 valence electrons. The van der Waals surface area contributed by atoms with Gasteiger partial charge in [-0.15, -0.1) is 0 Å². The van der Waals surface area contributed by atoms with Crippen LogP contribution < -0.4 is 5.32 Å². The third kappa shape index (κ3) is 7.28. The van der Waals surface area contributed by atoms with E-state index < -0.39 is 23.9 Å². The van der Waals surface area contributed by atoms with Crippen LogP contribution in [0.2, 0.25) is 0 Å². The monoisotopic (exact) mass is 770 g/mol. The van der Waals surface area contributed by atoms with Crippen molar-refractivity contribution >= 4 is 24.4 Å². The van der Waals surface area contributed by atoms with Gasteiger partial charge in [0.1, 0.15) is 17.7 Å². The van der Waals surface area contributed by atoms with E-state index in [9.17, 15) is 24.3 Å². The van der Waals surface area contributed by atoms with E-state index >= 15 is 0 Å². The molecule has 3 amide bonds. The second kappa shape index (κ2) is 16.1. The van der Waals surface area contributed by atoms with Crippen LogP contribution in [-0.4, -0.2) is 96.9 Å². The Kier molecular flexibility index (Phi) is 10.6. The van der Waals surface area contributed by atoms with Gasteiger partial charge in [-0.1, -0.05) is 78.9 Å². The number of nitrogens with zero attached hydrogens (tertiary/aromatic N) is 5. The number of alkyl carbamates (subject to hydrolysis) is 1. The number of nitrogens with one attached hydrogen (secondary N) is 3. The number of carbonyl (C=O) groups excluding carboxylic acids is 3. The minimum absolute atomic E-state index is 0.129. The molecule has 3 saturated heterocycles. The van der Waals surface area contributed by atoms with Crippen molar-refractivity contribution in [1.82, 2.24) is 40.0 Å². The van der Waals surface area contributed by atoms with Crippen LogP contribution in [0.5, 0.6) is 0 Å². The van der Waals surface area contributed by atoms with Gasteiger partial charge in [0.25, 0.3) is 0 Å². The summed E-state index contributed by atoms with van der Waals surface area (Å²) in [6.07, 6.45) is 7.97. The van der Waals surface area contributed by atoms with E-state index in [1.54, 1.807) is 12.4 Å². The summed E-state index contributed by atoms with van der Waals surface area (Å²) in [6, 6.07) is 24.5. The van der Waals surface area contributed by atoms with Gasteiger partial charge in [0.05, 0.1) is 43.0 Å². The number of imidazole rings is 2. The van der Waals surface area contributed by atoms with Crippen LogP contribution in [0.25, 0.3) is 33.6 Å². The number of carbonyl (C=O) groups is 4. The predicted molar refractivity (Wildman–Crippen MR) is 212 cm³/mol. The predicted octanol–water partition coefficient (Wildman–Crippen LogP) is 6.87. The molecule has 0 aliphatic carbocycles. The molecule has 14 heteroatoms. The quantitative estimate of drug-likeness (QED) is 0.110. The number of H-pyrrole nitrogens is 2. The Morgan fingerprint density at radius 1 is 0.737 bits per heavy atom. The van der Waals surface area contributed by atoms with Crippen molar-refractivity contribution < 1.29 is 29.0 Å². The summed E-state index contributed by atoms with van der Waals surface area (Å²) in [7, 11) is 1.28. The molecule has 2 aromatic heterocycles. The minimum atomic E-state index is -1.43. The van der Waals surface area contributed by atoms with Crippen LogP contribution in [0.3, 0.4) is 0 Å². The molecule has 3 aliphatic heterocycles. The largest absolute Gasteiger partial charge is 0.465 e.